The van der Waals surface area contributed by atoms with Crippen molar-refractivity contribution in [1.29, 1.82) is 0 Å². The molecule has 3 aromatic rings. The Morgan fingerprint density at radius 3 is 1.97 bits per heavy atom. The lowest BCUT2D eigenvalue weighted by atomic mass is 10.0. The third kappa shape index (κ3) is 5.89. The number of amides is 1. The molecule has 0 saturated carbocycles. The minimum atomic E-state index is -4.62. The standard InChI is InChI=1S/C18H12Cl2F3N3O2S/c19-12-5-1-10(2-6-12)15(11-3-7-13(20)8-4-11)28-9-14(27)24-17-26-25-16(29-17)18(21,22)23/h1-8,15H,9H2,(H,24,26,27). The van der Waals surface area contributed by atoms with E-state index in [4.69, 9.17) is 27.9 Å². The number of carbonyl (C=O) groups is 1. The van der Waals surface area contributed by atoms with E-state index in [1.165, 1.54) is 0 Å². The number of anilines is 1. The van der Waals surface area contributed by atoms with Crippen molar-refractivity contribution in [3.8, 4) is 0 Å². The van der Waals surface area contributed by atoms with Crippen molar-refractivity contribution in [1.82, 2.24) is 10.2 Å². The van der Waals surface area contributed by atoms with Gasteiger partial charge < -0.3 is 4.74 Å². The highest BCUT2D eigenvalue weighted by Crippen LogP contribution is 2.33. The van der Waals surface area contributed by atoms with Crippen LogP contribution in [0.5, 0.6) is 0 Å². The third-order valence-corrected chi connectivity index (χ3v) is 5.03. The van der Waals surface area contributed by atoms with Gasteiger partial charge in [-0.2, -0.15) is 13.2 Å². The Balaban J connectivity index is 1.71. The summed E-state index contributed by atoms with van der Waals surface area (Å²) in [5.41, 5.74) is 1.47. The summed E-state index contributed by atoms with van der Waals surface area (Å²) in [6, 6.07) is 13.7. The maximum atomic E-state index is 12.6. The third-order valence-electron chi connectivity index (χ3n) is 3.64. The zero-order valence-corrected chi connectivity index (χ0v) is 16.7. The molecule has 0 aliphatic carbocycles. The zero-order valence-electron chi connectivity index (χ0n) is 14.4. The number of alkyl halides is 3. The average Bonchev–Trinajstić information content (AvgIpc) is 3.13. The lowest BCUT2D eigenvalue weighted by molar-refractivity contribution is -0.138. The largest absolute Gasteiger partial charge is 0.445 e. The lowest BCUT2D eigenvalue weighted by Crippen LogP contribution is -2.20. The molecule has 0 spiro atoms. The number of hydrogen-bond acceptors (Lipinski definition) is 5. The molecule has 1 amide bonds. The number of halogens is 5. The van der Waals surface area contributed by atoms with Crippen LogP contribution >= 0.6 is 34.5 Å². The van der Waals surface area contributed by atoms with Crippen LogP contribution in [0.1, 0.15) is 22.2 Å². The molecule has 0 aliphatic heterocycles. The number of hydrogen-bond donors (Lipinski definition) is 1. The molecule has 0 atom stereocenters. The van der Waals surface area contributed by atoms with E-state index < -0.39 is 29.8 Å². The predicted molar refractivity (Wildman–Crippen MR) is 104 cm³/mol. The molecule has 2 aromatic carbocycles. The first-order valence-corrected chi connectivity index (χ1v) is 9.62. The molecule has 0 bridgehead atoms. The van der Waals surface area contributed by atoms with Gasteiger partial charge >= 0.3 is 6.18 Å². The van der Waals surface area contributed by atoms with Crippen molar-refractivity contribution in [2.24, 2.45) is 0 Å². The van der Waals surface area contributed by atoms with Crippen LogP contribution in [-0.4, -0.2) is 22.7 Å². The fraction of sp³-hybridized carbons (Fsp3) is 0.167. The van der Waals surface area contributed by atoms with E-state index >= 15 is 0 Å². The second-order valence-corrected chi connectivity index (χ2v) is 7.60. The zero-order chi connectivity index (χ0) is 21.0. The van der Waals surface area contributed by atoms with Crippen LogP contribution < -0.4 is 5.32 Å². The first-order chi connectivity index (χ1) is 13.7. The molecule has 1 heterocycles. The molecule has 0 saturated heterocycles. The monoisotopic (exact) mass is 461 g/mol. The van der Waals surface area contributed by atoms with Crippen molar-refractivity contribution < 1.29 is 22.7 Å². The number of aromatic nitrogens is 2. The normalized spacial score (nSPS) is 11.7. The van der Waals surface area contributed by atoms with Crippen LogP contribution in [0.3, 0.4) is 0 Å². The van der Waals surface area contributed by atoms with Gasteiger partial charge in [-0.05, 0) is 35.4 Å². The van der Waals surface area contributed by atoms with E-state index in [1.807, 2.05) is 0 Å². The van der Waals surface area contributed by atoms with Gasteiger partial charge in [0.05, 0.1) is 0 Å². The Bertz CT molecular complexity index is 934. The average molecular weight is 462 g/mol. The highest BCUT2D eigenvalue weighted by molar-refractivity contribution is 7.15. The minimum Gasteiger partial charge on any atom is -0.359 e. The van der Waals surface area contributed by atoms with Gasteiger partial charge in [-0.15, -0.1) is 10.2 Å². The van der Waals surface area contributed by atoms with Crippen molar-refractivity contribution >= 4 is 45.6 Å². The Labute approximate surface area is 177 Å². The highest BCUT2D eigenvalue weighted by atomic mass is 35.5. The molecule has 1 N–H and O–H groups in total. The van der Waals surface area contributed by atoms with E-state index in [0.29, 0.717) is 10.0 Å². The summed E-state index contributed by atoms with van der Waals surface area (Å²) in [6.45, 7) is -0.420. The Morgan fingerprint density at radius 2 is 1.52 bits per heavy atom. The topological polar surface area (TPSA) is 64.1 Å². The van der Waals surface area contributed by atoms with E-state index in [2.05, 4.69) is 15.5 Å². The highest BCUT2D eigenvalue weighted by Gasteiger charge is 2.35. The molecule has 0 fully saturated rings. The fourth-order valence-electron chi connectivity index (χ4n) is 2.36. The summed E-state index contributed by atoms with van der Waals surface area (Å²) < 4.78 is 43.5. The molecule has 0 radical (unpaired) electrons. The van der Waals surface area contributed by atoms with Gasteiger partial charge in [0, 0.05) is 10.0 Å². The summed E-state index contributed by atoms with van der Waals surface area (Å²) in [6.07, 6.45) is -5.23. The number of nitrogens with one attached hydrogen (secondary N) is 1. The fourth-order valence-corrected chi connectivity index (χ4v) is 3.24. The van der Waals surface area contributed by atoms with E-state index in [1.54, 1.807) is 48.5 Å². The molecule has 11 heteroatoms. The summed E-state index contributed by atoms with van der Waals surface area (Å²) in [5.74, 6) is -0.664. The number of ether oxygens (including phenoxy) is 1. The van der Waals surface area contributed by atoms with Gasteiger partial charge in [0.1, 0.15) is 12.7 Å². The Kier molecular flexibility index (Phi) is 6.74. The van der Waals surface area contributed by atoms with Gasteiger partial charge in [0.25, 0.3) is 5.91 Å². The van der Waals surface area contributed by atoms with Crippen molar-refractivity contribution in [3.05, 3.63) is 74.7 Å². The molecular weight excluding hydrogens is 450 g/mol. The van der Waals surface area contributed by atoms with Crippen LogP contribution in [0.25, 0.3) is 0 Å². The predicted octanol–water partition coefficient (Wildman–Crippen LogP) is 5.61. The number of rotatable bonds is 6. The summed E-state index contributed by atoms with van der Waals surface area (Å²) in [4.78, 5) is 12.1. The molecular formula is C18H12Cl2F3N3O2S. The first-order valence-electron chi connectivity index (χ1n) is 8.05. The number of benzene rings is 2. The molecule has 0 unspecified atom stereocenters. The number of carbonyl (C=O) groups excluding carboxylic acids is 1. The van der Waals surface area contributed by atoms with E-state index in [0.717, 1.165) is 11.1 Å². The lowest BCUT2D eigenvalue weighted by Gasteiger charge is -2.19. The molecule has 152 valence electrons. The Morgan fingerprint density at radius 1 is 1.00 bits per heavy atom. The van der Waals surface area contributed by atoms with Gasteiger partial charge in [-0.3, -0.25) is 10.1 Å². The summed E-state index contributed by atoms with van der Waals surface area (Å²) in [5, 5.41) is 8.25. The molecule has 0 aliphatic rings. The van der Waals surface area contributed by atoms with E-state index in [9.17, 15) is 18.0 Å². The van der Waals surface area contributed by atoms with E-state index in [-0.39, 0.29) is 16.5 Å². The van der Waals surface area contributed by atoms with Crippen molar-refractivity contribution in [2.45, 2.75) is 12.3 Å². The smallest absolute Gasteiger partial charge is 0.359 e. The van der Waals surface area contributed by atoms with Gasteiger partial charge in [0.2, 0.25) is 10.1 Å². The maximum absolute atomic E-state index is 12.6. The minimum absolute atomic E-state index is 0.234. The molecule has 1 aromatic heterocycles. The van der Waals surface area contributed by atoms with Crippen LogP contribution in [0.2, 0.25) is 10.0 Å². The van der Waals surface area contributed by atoms with Crippen LogP contribution in [0, 0.1) is 0 Å². The second kappa shape index (κ2) is 9.08. The van der Waals surface area contributed by atoms with Gasteiger partial charge in [-0.1, -0.05) is 58.8 Å². The summed E-state index contributed by atoms with van der Waals surface area (Å²) in [7, 11) is 0. The first kappa shape index (κ1) is 21.5. The summed E-state index contributed by atoms with van der Waals surface area (Å²) >= 11 is 12.1. The van der Waals surface area contributed by atoms with Crippen LogP contribution in [-0.2, 0) is 15.7 Å². The van der Waals surface area contributed by atoms with Crippen LogP contribution in [0.15, 0.2) is 48.5 Å². The maximum Gasteiger partial charge on any atom is 0.445 e. The van der Waals surface area contributed by atoms with Crippen molar-refractivity contribution in [2.75, 3.05) is 11.9 Å². The number of nitrogens with zero attached hydrogens (tertiary/aromatic N) is 2. The van der Waals surface area contributed by atoms with Gasteiger partial charge in [0.15, 0.2) is 0 Å². The molecule has 3 rings (SSSR count). The molecule has 29 heavy (non-hydrogen) atoms. The molecule has 5 nitrogen and oxygen atoms in total. The quantitative estimate of drug-likeness (QED) is 0.518. The SMILES string of the molecule is O=C(COC(c1ccc(Cl)cc1)c1ccc(Cl)cc1)Nc1nnc(C(F)(F)F)s1. The second-order valence-electron chi connectivity index (χ2n) is 5.75. The Hall–Kier alpha value is -2.20. The van der Waals surface area contributed by atoms with Gasteiger partial charge in [-0.25, -0.2) is 0 Å². The van der Waals surface area contributed by atoms with Crippen molar-refractivity contribution in [3.63, 3.8) is 0 Å². The van der Waals surface area contributed by atoms with Crippen LogP contribution in [0.4, 0.5) is 18.3 Å².